The lowest BCUT2D eigenvalue weighted by atomic mass is 10.1. The smallest absolute Gasteiger partial charge is 0.127 e. The zero-order valence-corrected chi connectivity index (χ0v) is 12.4. The summed E-state index contributed by atoms with van der Waals surface area (Å²) in [6.45, 7) is 6.02. The molecule has 1 unspecified atom stereocenters. The summed E-state index contributed by atoms with van der Waals surface area (Å²) in [4.78, 5) is 7.01. The van der Waals surface area contributed by atoms with E-state index in [1.807, 2.05) is 24.1 Å². The van der Waals surface area contributed by atoms with Crippen LogP contribution in [0.5, 0.6) is 0 Å². The summed E-state index contributed by atoms with van der Waals surface area (Å²) >= 11 is 0. The number of hydrogen-bond acceptors (Lipinski definition) is 4. The highest BCUT2D eigenvalue weighted by molar-refractivity contribution is 5.16. The van der Waals surface area contributed by atoms with E-state index in [1.165, 1.54) is 5.56 Å². The van der Waals surface area contributed by atoms with Crippen LogP contribution in [-0.4, -0.2) is 43.9 Å². The third kappa shape index (κ3) is 2.48. The zero-order valence-electron chi connectivity index (χ0n) is 12.4. The summed E-state index contributed by atoms with van der Waals surface area (Å²) in [6.07, 6.45) is 6.00. The number of imidazole rings is 1. The largest absolute Gasteiger partial charge is 0.337 e. The van der Waals surface area contributed by atoms with Crippen molar-refractivity contribution < 1.29 is 0 Å². The molecule has 1 atom stereocenters. The van der Waals surface area contributed by atoms with Crippen molar-refractivity contribution in [3.05, 3.63) is 35.7 Å². The number of aromatic nitrogens is 4. The standard InChI is InChI=1S/C14H22N6/c1-11-12(9-19(3)17-11)10-20-7-4-15-8-13(20)14-16-5-6-18(14)2/h5-6,9,13,15H,4,7-8,10H2,1-3H3. The van der Waals surface area contributed by atoms with Crippen molar-refractivity contribution in [3.63, 3.8) is 0 Å². The van der Waals surface area contributed by atoms with Gasteiger partial charge in [-0.2, -0.15) is 5.10 Å². The summed E-state index contributed by atoms with van der Waals surface area (Å²) in [5, 5.41) is 7.91. The van der Waals surface area contributed by atoms with Gasteiger partial charge in [0.2, 0.25) is 0 Å². The third-order valence-electron chi connectivity index (χ3n) is 4.00. The fourth-order valence-electron chi connectivity index (χ4n) is 2.91. The van der Waals surface area contributed by atoms with E-state index in [0.29, 0.717) is 6.04 Å². The van der Waals surface area contributed by atoms with Gasteiger partial charge in [-0.3, -0.25) is 9.58 Å². The molecule has 108 valence electrons. The molecule has 1 saturated heterocycles. The maximum absolute atomic E-state index is 4.52. The van der Waals surface area contributed by atoms with Crippen molar-refractivity contribution in [1.82, 2.24) is 29.5 Å². The van der Waals surface area contributed by atoms with E-state index in [0.717, 1.165) is 37.7 Å². The second-order valence-electron chi connectivity index (χ2n) is 5.50. The Kier molecular flexibility index (Phi) is 3.58. The molecule has 2 aromatic heterocycles. The highest BCUT2D eigenvalue weighted by atomic mass is 15.3. The van der Waals surface area contributed by atoms with Gasteiger partial charge < -0.3 is 9.88 Å². The summed E-state index contributed by atoms with van der Waals surface area (Å²) in [5.41, 5.74) is 2.42. The molecule has 0 saturated carbocycles. The van der Waals surface area contributed by atoms with E-state index >= 15 is 0 Å². The van der Waals surface area contributed by atoms with Crippen LogP contribution in [0.15, 0.2) is 18.6 Å². The average Bonchev–Trinajstić information content (AvgIpc) is 2.97. The number of nitrogens with one attached hydrogen (secondary N) is 1. The van der Waals surface area contributed by atoms with Gasteiger partial charge in [-0.15, -0.1) is 0 Å². The van der Waals surface area contributed by atoms with Crippen LogP contribution in [0.25, 0.3) is 0 Å². The molecule has 0 aromatic carbocycles. The number of hydrogen-bond donors (Lipinski definition) is 1. The fourth-order valence-corrected chi connectivity index (χ4v) is 2.91. The molecule has 1 N–H and O–H groups in total. The van der Waals surface area contributed by atoms with Gasteiger partial charge in [0, 0.05) is 64.4 Å². The van der Waals surface area contributed by atoms with Gasteiger partial charge in [0.1, 0.15) is 5.82 Å². The van der Waals surface area contributed by atoms with Crippen molar-refractivity contribution in [1.29, 1.82) is 0 Å². The lowest BCUT2D eigenvalue weighted by molar-refractivity contribution is 0.144. The molecule has 0 radical (unpaired) electrons. The lowest BCUT2D eigenvalue weighted by Gasteiger charge is -2.35. The highest BCUT2D eigenvalue weighted by Crippen LogP contribution is 2.23. The molecular formula is C14H22N6. The number of aryl methyl sites for hydroxylation is 3. The van der Waals surface area contributed by atoms with Crippen LogP contribution in [0.2, 0.25) is 0 Å². The molecule has 1 aliphatic rings. The summed E-state index contributed by atoms with van der Waals surface area (Å²) in [5.74, 6) is 1.12. The average molecular weight is 274 g/mol. The number of piperazine rings is 1. The summed E-state index contributed by atoms with van der Waals surface area (Å²) < 4.78 is 4.00. The minimum Gasteiger partial charge on any atom is -0.337 e. The van der Waals surface area contributed by atoms with Crippen LogP contribution >= 0.6 is 0 Å². The molecule has 0 bridgehead atoms. The summed E-state index contributed by atoms with van der Waals surface area (Å²) in [7, 11) is 4.04. The molecule has 0 aliphatic carbocycles. The molecule has 3 rings (SSSR count). The fraction of sp³-hybridized carbons (Fsp3) is 0.571. The predicted octanol–water partition coefficient (Wildman–Crippen LogP) is 0.609. The van der Waals surface area contributed by atoms with Gasteiger partial charge in [0.05, 0.1) is 11.7 Å². The van der Waals surface area contributed by atoms with Crippen LogP contribution in [-0.2, 0) is 20.6 Å². The molecule has 0 amide bonds. The Morgan fingerprint density at radius 2 is 2.25 bits per heavy atom. The topological polar surface area (TPSA) is 50.9 Å². The number of rotatable bonds is 3. The Labute approximate surface area is 119 Å². The van der Waals surface area contributed by atoms with Gasteiger partial charge in [-0.1, -0.05) is 0 Å². The van der Waals surface area contributed by atoms with Crippen LogP contribution in [0.3, 0.4) is 0 Å². The first-order chi connectivity index (χ1) is 9.65. The quantitative estimate of drug-likeness (QED) is 0.891. The molecule has 6 heteroatoms. The van der Waals surface area contributed by atoms with Crippen LogP contribution in [0.1, 0.15) is 23.1 Å². The molecular weight excluding hydrogens is 252 g/mol. The SMILES string of the molecule is Cc1nn(C)cc1CN1CCNCC1c1nccn1C. The van der Waals surface area contributed by atoms with E-state index in [-0.39, 0.29) is 0 Å². The Morgan fingerprint density at radius 3 is 2.90 bits per heavy atom. The van der Waals surface area contributed by atoms with E-state index < -0.39 is 0 Å². The molecule has 6 nitrogen and oxygen atoms in total. The lowest BCUT2D eigenvalue weighted by Crippen LogP contribution is -2.46. The molecule has 0 spiro atoms. The second-order valence-corrected chi connectivity index (χ2v) is 5.50. The van der Waals surface area contributed by atoms with Crippen molar-refractivity contribution in [2.45, 2.75) is 19.5 Å². The van der Waals surface area contributed by atoms with E-state index in [2.05, 4.69) is 45.0 Å². The van der Waals surface area contributed by atoms with Crippen LogP contribution < -0.4 is 5.32 Å². The van der Waals surface area contributed by atoms with Gasteiger partial charge >= 0.3 is 0 Å². The van der Waals surface area contributed by atoms with Crippen LogP contribution in [0, 0.1) is 6.92 Å². The monoisotopic (exact) mass is 274 g/mol. The van der Waals surface area contributed by atoms with Gasteiger partial charge in [0.25, 0.3) is 0 Å². The molecule has 1 fully saturated rings. The summed E-state index contributed by atoms with van der Waals surface area (Å²) in [6, 6.07) is 0.323. The van der Waals surface area contributed by atoms with Gasteiger partial charge in [-0.05, 0) is 6.92 Å². The molecule has 2 aromatic rings. The first kappa shape index (κ1) is 13.3. The first-order valence-electron chi connectivity index (χ1n) is 7.06. The second kappa shape index (κ2) is 5.38. The Morgan fingerprint density at radius 1 is 1.40 bits per heavy atom. The predicted molar refractivity (Wildman–Crippen MR) is 77.2 cm³/mol. The van der Waals surface area contributed by atoms with E-state index in [4.69, 9.17) is 0 Å². The van der Waals surface area contributed by atoms with E-state index in [9.17, 15) is 0 Å². The maximum Gasteiger partial charge on any atom is 0.127 e. The normalized spacial score (nSPS) is 20.4. The molecule has 1 aliphatic heterocycles. The Balaban J connectivity index is 1.82. The van der Waals surface area contributed by atoms with Crippen molar-refractivity contribution in [2.24, 2.45) is 14.1 Å². The van der Waals surface area contributed by atoms with Crippen molar-refractivity contribution in [2.75, 3.05) is 19.6 Å². The number of nitrogens with zero attached hydrogens (tertiary/aromatic N) is 5. The van der Waals surface area contributed by atoms with Gasteiger partial charge in [-0.25, -0.2) is 4.98 Å². The minimum atomic E-state index is 0.323. The zero-order chi connectivity index (χ0) is 14.1. The van der Waals surface area contributed by atoms with E-state index in [1.54, 1.807) is 0 Å². The Hall–Kier alpha value is -1.66. The highest BCUT2D eigenvalue weighted by Gasteiger charge is 2.27. The Bertz CT molecular complexity index is 584. The van der Waals surface area contributed by atoms with Gasteiger partial charge in [0.15, 0.2) is 0 Å². The molecule has 20 heavy (non-hydrogen) atoms. The minimum absolute atomic E-state index is 0.323. The van der Waals surface area contributed by atoms with Crippen molar-refractivity contribution >= 4 is 0 Å². The maximum atomic E-state index is 4.52. The van der Waals surface area contributed by atoms with Crippen LogP contribution in [0.4, 0.5) is 0 Å². The molecule has 3 heterocycles. The van der Waals surface area contributed by atoms with Crippen molar-refractivity contribution in [3.8, 4) is 0 Å². The third-order valence-corrected chi connectivity index (χ3v) is 4.00. The first-order valence-corrected chi connectivity index (χ1v) is 7.06.